The zero-order valence-electron chi connectivity index (χ0n) is 17.8. The molecule has 5 rings (SSSR count). The first-order valence-corrected chi connectivity index (χ1v) is 11.6. The Hall–Kier alpha value is -2.46. The van der Waals surface area contributed by atoms with Crippen LogP contribution in [-0.4, -0.2) is 54.9 Å². The fourth-order valence-electron chi connectivity index (χ4n) is 4.66. The molecule has 30 heavy (non-hydrogen) atoms. The van der Waals surface area contributed by atoms with Gasteiger partial charge in [0.05, 0.1) is 5.71 Å². The minimum Gasteiger partial charge on any atom is -0.370 e. The maximum atomic E-state index is 4.81. The molecule has 1 aromatic heterocycles. The third kappa shape index (κ3) is 4.81. The lowest BCUT2D eigenvalue weighted by atomic mass is 9.95. The number of rotatable bonds is 5. The summed E-state index contributed by atoms with van der Waals surface area (Å²) >= 11 is 0. The average molecular weight is 401 g/mol. The summed E-state index contributed by atoms with van der Waals surface area (Å²) in [5, 5.41) is 0. The first kappa shape index (κ1) is 19.5. The molecular weight excluding hydrogens is 368 g/mol. The molecular formula is C26H32N4. The van der Waals surface area contributed by atoms with Gasteiger partial charge in [-0.2, -0.15) is 0 Å². The van der Waals surface area contributed by atoms with Gasteiger partial charge in [0.15, 0.2) is 0 Å². The molecule has 0 spiro atoms. The van der Waals surface area contributed by atoms with E-state index in [2.05, 4.69) is 51.2 Å². The fraction of sp³-hybridized carbons (Fsp3) is 0.462. The number of nitrogens with zero attached hydrogens (tertiary/aromatic N) is 4. The second-order valence-corrected chi connectivity index (χ2v) is 8.92. The van der Waals surface area contributed by atoms with Gasteiger partial charge in [0.1, 0.15) is 0 Å². The number of allylic oxidation sites excluding steroid dienone is 1. The van der Waals surface area contributed by atoms with Crippen molar-refractivity contribution in [1.82, 2.24) is 9.88 Å². The SMILES string of the molecule is C(=C1/CCCN=C1c1cccnc1)/c1ccc(N2CCCN(CC3CC3)CC2)cc1. The Labute approximate surface area is 180 Å². The standard InChI is InChI=1S/C26H32N4/c1-5-24(19-27-12-1)26-23(4-2-13-28-26)18-21-8-10-25(11-9-21)30-15-3-14-29(16-17-30)20-22-6-7-22/h1,5,8-12,18-19,22H,2-4,6-7,13-17,20H2/b23-18+. The van der Waals surface area contributed by atoms with E-state index in [4.69, 9.17) is 4.99 Å². The summed E-state index contributed by atoms with van der Waals surface area (Å²) < 4.78 is 0. The van der Waals surface area contributed by atoms with Crippen molar-refractivity contribution >= 4 is 17.5 Å². The van der Waals surface area contributed by atoms with Crippen LogP contribution in [-0.2, 0) is 0 Å². The number of hydrogen-bond acceptors (Lipinski definition) is 4. The second kappa shape index (κ2) is 9.13. The van der Waals surface area contributed by atoms with E-state index < -0.39 is 0 Å². The molecule has 4 heteroatoms. The van der Waals surface area contributed by atoms with E-state index in [0.29, 0.717) is 0 Å². The minimum absolute atomic E-state index is 0.910. The van der Waals surface area contributed by atoms with Crippen molar-refractivity contribution < 1.29 is 0 Å². The van der Waals surface area contributed by atoms with E-state index in [0.717, 1.165) is 43.1 Å². The molecule has 3 aliphatic rings. The zero-order chi connectivity index (χ0) is 20.2. The van der Waals surface area contributed by atoms with Crippen molar-refractivity contribution in [2.24, 2.45) is 10.9 Å². The Balaban J connectivity index is 1.27. The molecule has 0 amide bonds. The molecule has 2 fully saturated rings. The monoisotopic (exact) mass is 400 g/mol. The maximum absolute atomic E-state index is 4.81. The Morgan fingerprint density at radius 1 is 0.967 bits per heavy atom. The van der Waals surface area contributed by atoms with Crippen molar-refractivity contribution in [2.75, 3.05) is 44.2 Å². The number of hydrogen-bond donors (Lipinski definition) is 0. The van der Waals surface area contributed by atoms with Crippen molar-refractivity contribution in [3.05, 3.63) is 65.5 Å². The first-order chi connectivity index (χ1) is 14.8. The molecule has 2 aliphatic heterocycles. The van der Waals surface area contributed by atoms with Crippen LogP contribution >= 0.6 is 0 Å². The van der Waals surface area contributed by atoms with Gasteiger partial charge in [0.2, 0.25) is 0 Å². The zero-order valence-corrected chi connectivity index (χ0v) is 17.8. The third-order valence-electron chi connectivity index (χ3n) is 6.51. The highest BCUT2D eigenvalue weighted by atomic mass is 15.2. The molecule has 0 bridgehead atoms. The van der Waals surface area contributed by atoms with Gasteiger partial charge in [-0.3, -0.25) is 9.98 Å². The topological polar surface area (TPSA) is 31.7 Å². The molecule has 1 aromatic carbocycles. The Bertz CT molecular complexity index is 896. The average Bonchev–Trinajstić information content (AvgIpc) is 3.63. The summed E-state index contributed by atoms with van der Waals surface area (Å²) in [4.78, 5) is 14.3. The predicted octanol–water partition coefficient (Wildman–Crippen LogP) is 4.67. The molecule has 1 saturated carbocycles. The van der Waals surface area contributed by atoms with E-state index in [1.807, 2.05) is 18.5 Å². The molecule has 0 unspecified atom stereocenters. The molecule has 156 valence electrons. The predicted molar refractivity (Wildman–Crippen MR) is 125 cm³/mol. The van der Waals surface area contributed by atoms with Crippen LogP contribution in [0, 0.1) is 5.92 Å². The molecule has 1 saturated heterocycles. The van der Waals surface area contributed by atoms with Crippen LogP contribution in [0.25, 0.3) is 6.08 Å². The third-order valence-corrected chi connectivity index (χ3v) is 6.51. The van der Waals surface area contributed by atoms with Crippen LogP contribution in [0.5, 0.6) is 0 Å². The van der Waals surface area contributed by atoms with E-state index in [-0.39, 0.29) is 0 Å². The highest BCUT2D eigenvalue weighted by Crippen LogP contribution is 2.30. The maximum Gasteiger partial charge on any atom is 0.0694 e. The molecule has 1 aliphatic carbocycles. The number of anilines is 1. The molecule has 4 nitrogen and oxygen atoms in total. The van der Waals surface area contributed by atoms with Crippen molar-refractivity contribution in [2.45, 2.75) is 32.1 Å². The number of benzene rings is 1. The van der Waals surface area contributed by atoms with Crippen LogP contribution in [0.2, 0.25) is 0 Å². The Morgan fingerprint density at radius 2 is 1.87 bits per heavy atom. The summed E-state index contributed by atoms with van der Waals surface area (Å²) in [5.74, 6) is 0.990. The quantitative estimate of drug-likeness (QED) is 0.731. The lowest BCUT2D eigenvalue weighted by molar-refractivity contribution is 0.282. The van der Waals surface area contributed by atoms with Crippen LogP contribution < -0.4 is 4.90 Å². The van der Waals surface area contributed by atoms with Gasteiger partial charge in [-0.15, -0.1) is 0 Å². The lowest BCUT2D eigenvalue weighted by Gasteiger charge is -2.24. The van der Waals surface area contributed by atoms with Gasteiger partial charge in [-0.25, -0.2) is 0 Å². The van der Waals surface area contributed by atoms with Crippen LogP contribution in [0.3, 0.4) is 0 Å². The summed E-state index contributed by atoms with van der Waals surface area (Å²) in [6.45, 7) is 7.00. The second-order valence-electron chi connectivity index (χ2n) is 8.92. The normalized spacial score (nSPS) is 22.1. The highest BCUT2D eigenvalue weighted by Gasteiger charge is 2.25. The molecule has 0 atom stereocenters. The fourth-order valence-corrected chi connectivity index (χ4v) is 4.66. The number of aliphatic imine (C=N–C) groups is 1. The molecule has 3 heterocycles. The van der Waals surface area contributed by atoms with Crippen LogP contribution in [0.15, 0.2) is 59.4 Å². The van der Waals surface area contributed by atoms with E-state index >= 15 is 0 Å². The van der Waals surface area contributed by atoms with Crippen molar-refractivity contribution in [3.8, 4) is 0 Å². The summed E-state index contributed by atoms with van der Waals surface area (Å²) in [6.07, 6.45) is 12.4. The van der Waals surface area contributed by atoms with Crippen LogP contribution in [0.1, 0.15) is 43.2 Å². The smallest absolute Gasteiger partial charge is 0.0694 e. The number of aromatic nitrogens is 1. The molecule has 2 aromatic rings. The van der Waals surface area contributed by atoms with E-state index in [1.165, 1.54) is 62.3 Å². The van der Waals surface area contributed by atoms with Gasteiger partial charge in [-0.1, -0.05) is 12.1 Å². The van der Waals surface area contributed by atoms with E-state index in [1.54, 1.807) is 0 Å². The highest BCUT2D eigenvalue weighted by molar-refractivity contribution is 6.15. The summed E-state index contributed by atoms with van der Waals surface area (Å²) in [7, 11) is 0. The van der Waals surface area contributed by atoms with Gasteiger partial charge < -0.3 is 9.80 Å². The Morgan fingerprint density at radius 3 is 2.67 bits per heavy atom. The Kier molecular flexibility index (Phi) is 5.94. The summed E-state index contributed by atoms with van der Waals surface area (Å²) in [5.41, 5.74) is 6.18. The lowest BCUT2D eigenvalue weighted by Crippen LogP contribution is -2.31. The van der Waals surface area contributed by atoms with Gasteiger partial charge in [-0.05, 0) is 86.0 Å². The van der Waals surface area contributed by atoms with Gasteiger partial charge in [0.25, 0.3) is 0 Å². The molecule has 0 N–H and O–H groups in total. The van der Waals surface area contributed by atoms with Crippen molar-refractivity contribution in [3.63, 3.8) is 0 Å². The number of pyridine rings is 1. The summed E-state index contributed by atoms with van der Waals surface area (Å²) in [6, 6.07) is 13.2. The van der Waals surface area contributed by atoms with E-state index in [9.17, 15) is 0 Å². The van der Waals surface area contributed by atoms with Gasteiger partial charge >= 0.3 is 0 Å². The van der Waals surface area contributed by atoms with Crippen molar-refractivity contribution in [1.29, 1.82) is 0 Å². The molecule has 0 radical (unpaired) electrons. The van der Waals surface area contributed by atoms with Gasteiger partial charge in [0, 0.05) is 56.4 Å². The largest absolute Gasteiger partial charge is 0.370 e. The van der Waals surface area contributed by atoms with Crippen LogP contribution in [0.4, 0.5) is 5.69 Å². The minimum atomic E-state index is 0.910. The first-order valence-electron chi connectivity index (χ1n) is 11.6.